The van der Waals surface area contributed by atoms with Gasteiger partial charge in [0.2, 0.25) is 0 Å². The van der Waals surface area contributed by atoms with Crippen LogP contribution in [0.5, 0.6) is 0 Å². The van der Waals surface area contributed by atoms with Gasteiger partial charge in [0, 0.05) is 0 Å². The van der Waals surface area contributed by atoms with E-state index in [2.05, 4.69) is 63.2 Å². The summed E-state index contributed by atoms with van der Waals surface area (Å²) in [6, 6.07) is 15.3. The van der Waals surface area contributed by atoms with E-state index in [0.717, 1.165) is 9.52 Å². The molecule has 1 heteroatoms. The van der Waals surface area contributed by atoms with E-state index in [9.17, 15) is 0 Å². The third-order valence-electron chi connectivity index (χ3n) is 2.86. The minimum atomic E-state index is 0.768. The molecular weight excluding hydrogens is 208 g/mol. The number of benzene rings is 2. The number of hydrogen-bond donors (Lipinski definition) is 0. The zero-order valence-electron chi connectivity index (χ0n) is 10.0. The van der Waals surface area contributed by atoms with E-state index in [1.165, 1.54) is 27.1 Å². The summed E-state index contributed by atoms with van der Waals surface area (Å²) in [5.41, 5.74) is 4.20. The Bertz CT molecular complexity index is 486. The van der Waals surface area contributed by atoms with Crippen LogP contribution >= 0.6 is 0 Å². The fourth-order valence-electron chi connectivity index (χ4n) is 1.85. The molecule has 0 amide bonds. The van der Waals surface area contributed by atoms with Gasteiger partial charge in [-0.3, -0.25) is 0 Å². The highest BCUT2D eigenvalue weighted by atomic mass is 28.2. The Labute approximate surface area is 100 Å². The molecule has 2 aromatic carbocycles. The summed E-state index contributed by atoms with van der Waals surface area (Å²) in [5, 5.41) is 2.89. The third-order valence-corrected chi connectivity index (χ3v) is 4.28. The molecule has 2 radical (unpaired) electrons. The minimum absolute atomic E-state index is 0.768. The van der Waals surface area contributed by atoms with Crippen molar-refractivity contribution in [3.63, 3.8) is 0 Å². The van der Waals surface area contributed by atoms with Crippen molar-refractivity contribution >= 4 is 19.9 Å². The summed E-state index contributed by atoms with van der Waals surface area (Å²) >= 11 is 0. The zero-order valence-corrected chi connectivity index (χ0v) is 11.0. The monoisotopic (exact) mass is 224 g/mol. The fourth-order valence-corrected chi connectivity index (χ4v) is 3.20. The van der Waals surface area contributed by atoms with Crippen molar-refractivity contribution in [1.82, 2.24) is 0 Å². The van der Waals surface area contributed by atoms with Gasteiger partial charge < -0.3 is 0 Å². The molecule has 2 rings (SSSR count). The first kappa shape index (κ1) is 11.2. The lowest BCUT2D eigenvalue weighted by Crippen LogP contribution is -2.29. The Morgan fingerprint density at radius 2 is 1.56 bits per heavy atom. The molecule has 0 aliphatic carbocycles. The van der Waals surface area contributed by atoms with Gasteiger partial charge in [-0.2, -0.15) is 0 Å². The van der Waals surface area contributed by atoms with Gasteiger partial charge in [0.1, 0.15) is 9.52 Å². The first-order chi connectivity index (χ1) is 7.66. The largest absolute Gasteiger partial charge is 0.121 e. The van der Waals surface area contributed by atoms with Gasteiger partial charge in [-0.05, 0) is 31.9 Å². The van der Waals surface area contributed by atoms with Crippen molar-refractivity contribution in [2.24, 2.45) is 0 Å². The van der Waals surface area contributed by atoms with Crippen molar-refractivity contribution in [3.05, 3.63) is 59.2 Å². The van der Waals surface area contributed by atoms with Crippen LogP contribution in [0.15, 0.2) is 42.5 Å². The summed E-state index contributed by atoms with van der Waals surface area (Å²) in [4.78, 5) is 0. The highest BCUT2D eigenvalue weighted by molar-refractivity contribution is 6.67. The Kier molecular flexibility index (Phi) is 3.25. The molecule has 2 aromatic rings. The minimum Gasteiger partial charge on any atom is -0.0631 e. The number of hydrogen-bond acceptors (Lipinski definition) is 0. The highest BCUT2D eigenvalue weighted by Crippen LogP contribution is 2.06. The molecule has 0 N–H and O–H groups in total. The molecule has 0 aliphatic rings. The van der Waals surface area contributed by atoms with Gasteiger partial charge in [-0.1, -0.05) is 58.4 Å². The second-order valence-electron chi connectivity index (χ2n) is 4.25. The van der Waals surface area contributed by atoms with Crippen LogP contribution in [-0.4, -0.2) is 9.52 Å². The average molecular weight is 224 g/mol. The third kappa shape index (κ3) is 2.42. The molecule has 0 saturated heterocycles. The second kappa shape index (κ2) is 4.66. The number of aryl methyl sites for hydroxylation is 2. The molecule has 0 saturated carbocycles. The molecular formula is C15H16Si. The summed E-state index contributed by atoms with van der Waals surface area (Å²) < 4.78 is 0. The molecule has 0 spiro atoms. The van der Waals surface area contributed by atoms with Crippen molar-refractivity contribution in [1.29, 1.82) is 0 Å². The lowest BCUT2D eigenvalue weighted by Gasteiger charge is -2.09. The van der Waals surface area contributed by atoms with E-state index in [-0.39, 0.29) is 0 Å². The molecule has 80 valence electrons. The Balaban J connectivity index is 2.35. The summed E-state index contributed by atoms with van der Waals surface area (Å²) in [6.07, 6.45) is 0. The predicted molar refractivity (Wildman–Crippen MR) is 72.1 cm³/mol. The van der Waals surface area contributed by atoms with E-state index in [1.807, 2.05) is 0 Å². The van der Waals surface area contributed by atoms with Crippen molar-refractivity contribution in [2.75, 3.05) is 0 Å². The lowest BCUT2D eigenvalue weighted by molar-refractivity contribution is 1.32. The molecule has 0 atom stereocenters. The van der Waals surface area contributed by atoms with E-state index in [1.54, 1.807) is 0 Å². The first-order valence-electron chi connectivity index (χ1n) is 5.57. The standard InChI is InChI=1S/C15H16Si/c1-11-9-12(2)13(3)15(10-11)16-14-7-5-4-6-8-14/h4-10H,1-3H3. The van der Waals surface area contributed by atoms with Crippen LogP contribution in [0.1, 0.15) is 16.7 Å². The van der Waals surface area contributed by atoms with Crippen LogP contribution < -0.4 is 10.4 Å². The van der Waals surface area contributed by atoms with E-state index in [4.69, 9.17) is 0 Å². The van der Waals surface area contributed by atoms with E-state index in [0.29, 0.717) is 0 Å². The van der Waals surface area contributed by atoms with Crippen molar-refractivity contribution < 1.29 is 0 Å². The van der Waals surface area contributed by atoms with Crippen LogP contribution in [0, 0.1) is 20.8 Å². The fraction of sp³-hybridized carbons (Fsp3) is 0.200. The Morgan fingerprint density at radius 3 is 2.25 bits per heavy atom. The van der Waals surface area contributed by atoms with Gasteiger partial charge in [0.15, 0.2) is 0 Å². The highest BCUT2D eigenvalue weighted by Gasteiger charge is 2.04. The molecule has 16 heavy (non-hydrogen) atoms. The second-order valence-corrected chi connectivity index (χ2v) is 5.61. The summed E-state index contributed by atoms with van der Waals surface area (Å²) in [7, 11) is 0.768. The SMILES string of the molecule is Cc1cc(C)c(C)c([Si]c2ccccc2)c1. The smallest absolute Gasteiger partial charge is 0.0631 e. The van der Waals surface area contributed by atoms with Gasteiger partial charge >= 0.3 is 0 Å². The molecule has 0 unspecified atom stereocenters. The van der Waals surface area contributed by atoms with Crippen LogP contribution in [-0.2, 0) is 0 Å². The molecule has 0 aliphatic heterocycles. The van der Waals surface area contributed by atoms with Crippen molar-refractivity contribution in [2.45, 2.75) is 20.8 Å². The Hall–Kier alpha value is -1.34. The maximum Gasteiger partial charge on any atom is 0.121 e. The molecule has 0 aromatic heterocycles. The summed E-state index contributed by atoms with van der Waals surface area (Å²) in [5.74, 6) is 0. The predicted octanol–water partition coefficient (Wildman–Crippen LogP) is 2.27. The van der Waals surface area contributed by atoms with Gasteiger partial charge in [-0.15, -0.1) is 0 Å². The topological polar surface area (TPSA) is 0 Å². The molecule has 0 heterocycles. The zero-order chi connectivity index (χ0) is 11.5. The van der Waals surface area contributed by atoms with E-state index >= 15 is 0 Å². The van der Waals surface area contributed by atoms with Crippen LogP contribution in [0.25, 0.3) is 0 Å². The maximum atomic E-state index is 2.31. The number of rotatable bonds is 2. The lowest BCUT2D eigenvalue weighted by atomic mass is 10.1. The maximum absolute atomic E-state index is 2.31. The molecule has 0 bridgehead atoms. The van der Waals surface area contributed by atoms with E-state index < -0.39 is 0 Å². The van der Waals surface area contributed by atoms with Crippen LogP contribution in [0.4, 0.5) is 0 Å². The average Bonchev–Trinajstić information content (AvgIpc) is 2.27. The quantitative estimate of drug-likeness (QED) is 0.687. The van der Waals surface area contributed by atoms with Crippen LogP contribution in [0.3, 0.4) is 0 Å². The Morgan fingerprint density at radius 1 is 0.875 bits per heavy atom. The van der Waals surface area contributed by atoms with Gasteiger partial charge in [0.25, 0.3) is 0 Å². The normalized spacial score (nSPS) is 10.4. The summed E-state index contributed by atoms with van der Waals surface area (Å²) in [6.45, 7) is 6.59. The molecule has 0 nitrogen and oxygen atoms in total. The molecule has 0 fully saturated rings. The van der Waals surface area contributed by atoms with Crippen molar-refractivity contribution in [3.8, 4) is 0 Å². The first-order valence-corrected chi connectivity index (χ1v) is 6.57. The van der Waals surface area contributed by atoms with Gasteiger partial charge in [-0.25, -0.2) is 0 Å². The van der Waals surface area contributed by atoms with Crippen LogP contribution in [0.2, 0.25) is 0 Å². The van der Waals surface area contributed by atoms with Gasteiger partial charge in [0.05, 0.1) is 0 Å².